The highest BCUT2D eigenvalue weighted by Gasteiger charge is 2.12. The van der Waals surface area contributed by atoms with Gasteiger partial charge < -0.3 is 14.6 Å². The van der Waals surface area contributed by atoms with Crippen molar-refractivity contribution >= 4 is 11.6 Å². The lowest BCUT2D eigenvalue weighted by molar-refractivity contribution is -0.116. The molecule has 4 rings (SSSR count). The van der Waals surface area contributed by atoms with Gasteiger partial charge in [0.1, 0.15) is 11.5 Å². The average Bonchev–Trinajstić information content (AvgIpc) is 3.30. The van der Waals surface area contributed by atoms with Crippen LogP contribution in [0.3, 0.4) is 0 Å². The van der Waals surface area contributed by atoms with Gasteiger partial charge in [0.15, 0.2) is 0 Å². The van der Waals surface area contributed by atoms with Crippen LogP contribution in [0.1, 0.15) is 23.4 Å². The fourth-order valence-corrected chi connectivity index (χ4v) is 2.98. The summed E-state index contributed by atoms with van der Waals surface area (Å²) in [5.74, 6) is 1.98. The zero-order valence-corrected chi connectivity index (χ0v) is 17.3. The summed E-state index contributed by atoms with van der Waals surface area (Å²) >= 11 is 0. The van der Waals surface area contributed by atoms with E-state index >= 15 is 0 Å². The van der Waals surface area contributed by atoms with E-state index in [1.165, 1.54) is 0 Å². The number of nitrogens with one attached hydrogen (secondary N) is 1. The van der Waals surface area contributed by atoms with E-state index in [-0.39, 0.29) is 12.3 Å². The zero-order chi connectivity index (χ0) is 22.3. The first kappa shape index (κ1) is 20.8. The number of rotatable bonds is 7. The number of nitrogens with zero attached hydrogens (tertiary/aromatic N) is 4. The van der Waals surface area contributed by atoms with Gasteiger partial charge in [-0.1, -0.05) is 5.16 Å². The van der Waals surface area contributed by atoms with Crippen LogP contribution in [-0.2, 0) is 11.2 Å². The molecule has 8 heteroatoms. The van der Waals surface area contributed by atoms with Gasteiger partial charge in [0.05, 0.1) is 11.6 Å². The van der Waals surface area contributed by atoms with Crippen molar-refractivity contribution in [3.63, 3.8) is 0 Å². The minimum Gasteiger partial charge on any atom is -0.457 e. The topological polar surface area (TPSA) is 114 Å². The molecule has 0 spiro atoms. The third kappa shape index (κ3) is 5.15. The molecule has 2 heterocycles. The van der Waals surface area contributed by atoms with Crippen LogP contribution in [0.5, 0.6) is 11.5 Å². The third-order valence-corrected chi connectivity index (χ3v) is 4.66. The fraction of sp³-hybridized carbons (Fsp3) is 0.125. The fourth-order valence-electron chi connectivity index (χ4n) is 2.98. The van der Waals surface area contributed by atoms with Crippen molar-refractivity contribution in [2.24, 2.45) is 0 Å². The summed E-state index contributed by atoms with van der Waals surface area (Å²) in [4.78, 5) is 20.7. The van der Waals surface area contributed by atoms with Gasteiger partial charge in [0.2, 0.25) is 17.6 Å². The summed E-state index contributed by atoms with van der Waals surface area (Å²) in [6.07, 6.45) is 3.85. The van der Waals surface area contributed by atoms with Gasteiger partial charge in [-0.25, -0.2) is 0 Å². The second-order valence-corrected chi connectivity index (χ2v) is 7.01. The van der Waals surface area contributed by atoms with Crippen molar-refractivity contribution in [3.8, 4) is 29.0 Å². The monoisotopic (exact) mass is 425 g/mol. The van der Waals surface area contributed by atoms with Crippen molar-refractivity contribution < 1.29 is 14.1 Å². The summed E-state index contributed by atoms with van der Waals surface area (Å²) < 4.78 is 11.0. The summed E-state index contributed by atoms with van der Waals surface area (Å²) in [6, 6.07) is 17.9. The Morgan fingerprint density at radius 2 is 1.84 bits per heavy atom. The average molecular weight is 425 g/mol. The van der Waals surface area contributed by atoms with Gasteiger partial charge in [0.25, 0.3) is 0 Å². The smallest absolute Gasteiger partial charge is 0.227 e. The van der Waals surface area contributed by atoms with Crippen molar-refractivity contribution in [3.05, 3.63) is 84.0 Å². The Bertz CT molecular complexity index is 1260. The number of hydrogen-bond donors (Lipinski definition) is 1. The van der Waals surface area contributed by atoms with Crippen LogP contribution in [0.4, 0.5) is 5.69 Å². The maximum absolute atomic E-state index is 12.4. The second-order valence-electron chi connectivity index (χ2n) is 7.01. The van der Waals surface area contributed by atoms with E-state index in [0.29, 0.717) is 40.9 Å². The van der Waals surface area contributed by atoms with E-state index in [2.05, 4.69) is 26.5 Å². The molecule has 0 unspecified atom stereocenters. The summed E-state index contributed by atoms with van der Waals surface area (Å²) in [5, 5.41) is 15.7. The van der Waals surface area contributed by atoms with Crippen molar-refractivity contribution in [1.29, 1.82) is 5.26 Å². The molecule has 0 aliphatic heterocycles. The number of benzene rings is 2. The highest BCUT2D eigenvalue weighted by molar-refractivity contribution is 5.91. The highest BCUT2D eigenvalue weighted by atomic mass is 16.5. The summed E-state index contributed by atoms with van der Waals surface area (Å²) in [6.45, 7) is 1.89. The molecule has 0 bridgehead atoms. The van der Waals surface area contributed by atoms with Crippen LogP contribution in [0.15, 0.2) is 71.5 Å². The van der Waals surface area contributed by atoms with Gasteiger partial charge in [0, 0.05) is 36.5 Å². The number of nitriles is 1. The van der Waals surface area contributed by atoms with Crippen LogP contribution in [-0.4, -0.2) is 21.0 Å². The van der Waals surface area contributed by atoms with Gasteiger partial charge in [-0.3, -0.25) is 9.78 Å². The van der Waals surface area contributed by atoms with E-state index < -0.39 is 0 Å². The SMILES string of the molecule is Cc1cc(Oc2ccc(C#N)cc2)ccc1NC(=O)CCc1nc(-c2ccncc2)no1. The Hall–Kier alpha value is -4.51. The lowest BCUT2D eigenvalue weighted by Crippen LogP contribution is -2.13. The number of amides is 1. The number of anilines is 1. The van der Waals surface area contributed by atoms with E-state index in [1.807, 2.05) is 13.0 Å². The van der Waals surface area contributed by atoms with E-state index in [4.69, 9.17) is 14.5 Å². The van der Waals surface area contributed by atoms with Crippen molar-refractivity contribution in [1.82, 2.24) is 15.1 Å². The number of pyridine rings is 1. The number of aryl methyl sites for hydroxylation is 2. The molecule has 158 valence electrons. The number of aromatic nitrogens is 3. The largest absolute Gasteiger partial charge is 0.457 e. The highest BCUT2D eigenvalue weighted by Crippen LogP contribution is 2.26. The molecule has 0 aliphatic carbocycles. The summed E-state index contributed by atoms with van der Waals surface area (Å²) in [5.41, 5.74) is 2.94. The molecule has 0 radical (unpaired) electrons. The molecule has 0 atom stereocenters. The number of carbonyl (C=O) groups excluding carboxylic acids is 1. The first-order chi connectivity index (χ1) is 15.6. The van der Waals surface area contributed by atoms with Gasteiger partial charge in [-0.05, 0) is 67.1 Å². The molecule has 1 amide bonds. The predicted octanol–water partition coefficient (Wildman–Crippen LogP) is 4.68. The minimum atomic E-state index is -0.155. The van der Waals surface area contributed by atoms with Gasteiger partial charge in [-0.15, -0.1) is 0 Å². The number of carbonyl (C=O) groups is 1. The number of ether oxygens (including phenoxy) is 1. The predicted molar refractivity (Wildman–Crippen MR) is 117 cm³/mol. The molecule has 2 aromatic heterocycles. The molecule has 0 aliphatic rings. The Morgan fingerprint density at radius 1 is 1.09 bits per heavy atom. The Labute approximate surface area is 184 Å². The standard InChI is InChI=1S/C24H19N5O3/c1-16-14-20(31-19-4-2-17(15-25)3-5-19)6-7-21(16)27-22(30)8-9-23-28-24(29-32-23)18-10-12-26-13-11-18/h2-7,10-14H,8-9H2,1H3,(H,27,30). The van der Waals surface area contributed by atoms with Crippen molar-refractivity contribution in [2.45, 2.75) is 19.8 Å². The van der Waals surface area contributed by atoms with E-state index in [9.17, 15) is 4.79 Å². The molecule has 0 fully saturated rings. The Morgan fingerprint density at radius 3 is 2.56 bits per heavy atom. The number of hydrogen-bond acceptors (Lipinski definition) is 7. The van der Waals surface area contributed by atoms with Crippen LogP contribution in [0, 0.1) is 18.3 Å². The van der Waals surface area contributed by atoms with Crippen LogP contribution >= 0.6 is 0 Å². The normalized spacial score (nSPS) is 10.4. The molecule has 8 nitrogen and oxygen atoms in total. The zero-order valence-electron chi connectivity index (χ0n) is 17.3. The maximum atomic E-state index is 12.4. The van der Waals surface area contributed by atoms with E-state index in [1.54, 1.807) is 60.9 Å². The second kappa shape index (κ2) is 9.53. The quantitative estimate of drug-likeness (QED) is 0.457. The van der Waals surface area contributed by atoms with E-state index in [0.717, 1.165) is 11.1 Å². The molecular weight excluding hydrogens is 406 g/mol. The maximum Gasteiger partial charge on any atom is 0.227 e. The molecule has 0 saturated heterocycles. The minimum absolute atomic E-state index is 0.155. The molecule has 32 heavy (non-hydrogen) atoms. The molecule has 0 saturated carbocycles. The van der Waals surface area contributed by atoms with Crippen LogP contribution in [0.25, 0.3) is 11.4 Å². The molecule has 4 aromatic rings. The third-order valence-electron chi connectivity index (χ3n) is 4.66. The molecule has 2 aromatic carbocycles. The summed E-state index contributed by atoms with van der Waals surface area (Å²) in [7, 11) is 0. The Kier molecular flexibility index (Phi) is 6.18. The van der Waals surface area contributed by atoms with Gasteiger partial charge >= 0.3 is 0 Å². The van der Waals surface area contributed by atoms with Crippen LogP contribution in [0.2, 0.25) is 0 Å². The van der Waals surface area contributed by atoms with Crippen LogP contribution < -0.4 is 10.1 Å². The first-order valence-corrected chi connectivity index (χ1v) is 9.92. The van der Waals surface area contributed by atoms with Gasteiger partial charge in [-0.2, -0.15) is 10.2 Å². The lowest BCUT2D eigenvalue weighted by atomic mass is 10.1. The van der Waals surface area contributed by atoms with Crippen molar-refractivity contribution in [2.75, 3.05) is 5.32 Å². The lowest BCUT2D eigenvalue weighted by Gasteiger charge is -2.11. The molecular formula is C24H19N5O3. The first-order valence-electron chi connectivity index (χ1n) is 9.92. The molecule has 1 N–H and O–H groups in total. The Balaban J connectivity index is 1.32.